The van der Waals surface area contributed by atoms with Crippen LogP contribution < -0.4 is 26.0 Å². The van der Waals surface area contributed by atoms with Gasteiger partial charge >= 0.3 is 0 Å². The second kappa shape index (κ2) is 6.86. The highest BCUT2D eigenvalue weighted by atomic mass is 16.5. The van der Waals surface area contributed by atoms with Gasteiger partial charge in [0, 0.05) is 24.7 Å². The number of benzene rings is 2. The molecule has 0 aromatic heterocycles. The standard InChI is InChI=1S/C19H23N5O2/c1-25-18-11-15-13(10-14(18)20)19(21)24(12-22-15)17-5-3-2-4-16(17)23-6-8-26-9-7-23/h2-5,10-12,19H,6-9,20-21H2,1H3. The molecule has 136 valence electrons. The molecule has 0 bridgehead atoms. The molecule has 7 nitrogen and oxygen atoms in total. The van der Waals surface area contributed by atoms with E-state index in [0.717, 1.165) is 48.9 Å². The van der Waals surface area contributed by atoms with Crippen LogP contribution in [0.4, 0.5) is 22.7 Å². The molecule has 0 radical (unpaired) electrons. The molecule has 1 atom stereocenters. The molecule has 1 saturated heterocycles. The zero-order chi connectivity index (χ0) is 18.1. The zero-order valence-electron chi connectivity index (χ0n) is 14.8. The van der Waals surface area contributed by atoms with E-state index < -0.39 is 0 Å². The Labute approximate surface area is 152 Å². The van der Waals surface area contributed by atoms with Gasteiger partial charge in [-0.15, -0.1) is 0 Å². The largest absolute Gasteiger partial charge is 0.495 e. The van der Waals surface area contributed by atoms with Crippen LogP contribution in [0, 0.1) is 0 Å². The molecule has 2 aromatic rings. The Morgan fingerprint density at radius 2 is 1.88 bits per heavy atom. The van der Waals surface area contributed by atoms with Gasteiger partial charge in [0.1, 0.15) is 11.9 Å². The van der Waals surface area contributed by atoms with Crippen molar-refractivity contribution in [1.82, 2.24) is 0 Å². The Hall–Kier alpha value is -2.77. The van der Waals surface area contributed by atoms with Crippen LogP contribution in [0.25, 0.3) is 0 Å². The molecule has 0 spiro atoms. The van der Waals surface area contributed by atoms with Gasteiger partial charge in [-0.2, -0.15) is 0 Å². The van der Waals surface area contributed by atoms with Crippen LogP contribution in [-0.4, -0.2) is 39.8 Å². The average Bonchev–Trinajstić information content (AvgIpc) is 2.69. The minimum atomic E-state index is -0.377. The van der Waals surface area contributed by atoms with Crippen molar-refractivity contribution >= 4 is 29.1 Å². The highest BCUT2D eigenvalue weighted by molar-refractivity contribution is 5.91. The van der Waals surface area contributed by atoms with Gasteiger partial charge in [-0.3, -0.25) is 0 Å². The number of para-hydroxylation sites is 2. The predicted octanol–water partition coefficient (Wildman–Crippen LogP) is 2.25. The van der Waals surface area contributed by atoms with E-state index in [2.05, 4.69) is 22.0 Å². The Kier molecular flexibility index (Phi) is 4.40. The van der Waals surface area contributed by atoms with Crippen LogP contribution in [0.1, 0.15) is 11.7 Å². The third-order valence-electron chi connectivity index (χ3n) is 4.83. The van der Waals surface area contributed by atoms with Crippen molar-refractivity contribution in [3.63, 3.8) is 0 Å². The molecule has 4 rings (SSSR count). The first-order chi connectivity index (χ1) is 12.7. The second-order valence-electron chi connectivity index (χ2n) is 6.34. The molecule has 2 heterocycles. The van der Waals surface area contributed by atoms with Crippen molar-refractivity contribution in [2.24, 2.45) is 10.7 Å². The predicted molar refractivity (Wildman–Crippen MR) is 104 cm³/mol. The number of ether oxygens (including phenoxy) is 2. The lowest BCUT2D eigenvalue weighted by molar-refractivity contribution is 0.122. The maximum atomic E-state index is 6.58. The molecule has 0 amide bonds. The summed E-state index contributed by atoms with van der Waals surface area (Å²) in [6.07, 6.45) is 1.40. The molecule has 26 heavy (non-hydrogen) atoms. The van der Waals surface area contributed by atoms with Crippen molar-refractivity contribution in [3.8, 4) is 5.75 Å². The summed E-state index contributed by atoms with van der Waals surface area (Å²) in [5, 5.41) is 0. The molecule has 0 saturated carbocycles. The van der Waals surface area contributed by atoms with Gasteiger partial charge in [-0.25, -0.2) is 4.99 Å². The third-order valence-corrected chi connectivity index (χ3v) is 4.83. The van der Waals surface area contributed by atoms with E-state index in [1.165, 1.54) is 0 Å². The van der Waals surface area contributed by atoms with Crippen LogP contribution in [-0.2, 0) is 4.74 Å². The summed E-state index contributed by atoms with van der Waals surface area (Å²) in [5.41, 5.74) is 17.0. The first-order valence-corrected chi connectivity index (χ1v) is 8.66. The Morgan fingerprint density at radius 1 is 1.15 bits per heavy atom. The van der Waals surface area contributed by atoms with E-state index in [-0.39, 0.29) is 6.17 Å². The van der Waals surface area contributed by atoms with Crippen molar-refractivity contribution < 1.29 is 9.47 Å². The molecule has 2 aliphatic heterocycles. The van der Waals surface area contributed by atoms with Crippen molar-refractivity contribution in [1.29, 1.82) is 0 Å². The number of methoxy groups -OCH3 is 1. The van der Waals surface area contributed by atoms with Crippen LogP contribution in [0.2, 0.25) is 0 Å². The van der Waals surface area contributed by atoms with E-state index in [9.17, 15) is 0 Å². The fourth-order valence-electron chi connectivity index (χ4n) is 3.44. The van der Waals surface area contributed by atoms with Crippen LogP contribution in [0.5, 0.6) is 5.75 Å². The lowest BCUT2D eigenvalue weighted by atomic mass is 10.1. The molecule has 2 aliphatic rings. The lowest BCUT2D eigenvalue weighted by Gasteiger charge is -2.36. The van der Waals surface area contributed by atoms with Gasteiger partial charge in [0.2, 0.25) is 0 Å². The molecule has 0 aliphatic carbocycles. The first-order valence-electron chi connectivity index (χ1n) is 8.66. The number of morpholine rings is 1. The van der Waals surface area contributed by atoms with E-state index in [0.29, 0.717) is 11.4 Å². The van der Waals surface area contributed by atoms with E-state index in [4.69, 9.17) is 20.9 Å². The van der Waals surface area contributed by atoms with Gasteiger partial charge in [0.05, 0.1) is 49.4 Å². The topological polar surface area (TPSA) is 89.3 Å². The smallest absolute Gasteiger partial charge is 0.143 e. The average molecular weight is 353 g/mol. The highest BCUT2D eigenvalue weighted by Gasteiger charge is 2.27. The number of hydrogen-bond donors (Lipinski definition) is 2. The normalized spacial score (nSPS) is 19.4. The van der Waals surface area contributed by atoms with Crippen molar-refractivity contribution in [3.05, 3.63) is 42.0 Å². The van der Waals surface area contributed by atoms with Gasteiger partial charge < -0.3 is 30.7 Å². The number of anilines is 3. The minimum absolute atomic E-state index is 0.377. The summed E-state index contributed by atoms with van der Waals surface area (Å²) in [7, 11) is 1.59. The molecule has 1 fully saturated rings. The Morgan fingerprint density at radius 3 is 2.62 bits per heavy atom. The molecular formula is C19H23N5O2. The van der Waals surface area contributed by atoms with Gasteiger partial charge in [-0.1, -0.05) is 12.1 Å². The second-order valence-corrected chi connectivity index (χ2v) is 6.34. The fraction of sp³-hybridized carbons (Fsp3) is 0.316. The van der Waals surface area contributed by atoms with Crippen LogP contribution >= 0.6 is 0 Å². The number of nitrogen functional groups attached to an aromatic ring is 1. The number of rotatable bonds is 3. The third kappa shape index (κ3) is 2.85. The molecule has 4 N–H and O–H groups in total. The number of fused-ring (bicyclic) bond motifs is 1. The van der Waals surface area contributed by atoms with Gasteiger partial charge in [-0.05, 0) is 18.2 Å². The first kappa shape index (κ1) is 16.7. The molecule has 2 aromatic carbocycles. The van der Waals surface area contributed by atoms with Gasteiger partial charge in [0.25, 0.3) is 0 Å². The minimum Gasteiger partial charge on any atom is -0.495 e. The summed E-state index contributed by atoms with van der Waals surface area (Å²) in [5.74, 6) is 0.607. The maximum Gasteiger partial charge on any atom is 0.143 e. The summed E-state index contributed by atoms with van der Waals surface area (Å²) >= 11 is 0. The van der Waals surface area contributed by atoms with E-state index >= 15 is 0 Å². The maximum absolute atomic E-state index is 6.58. The summed E-state index contributed by atoms with van der Waals surface area (Å²) in [6, 6.07) is 11.9. The monoisotopic (exact) mass is 353 g/mol. The summed E-state index contributed by atoms with van der Waals surface area (Å²) in [6.45, 7) is 3.18. The molecule has 1 unspecified atom stereocenters. The van der Waals surface area contributed by atoms with E-state index in [1.54, 1.807) is 13.4 Å². The highest BCUT2D eigenvalue weighted by Crippen LogP contribution is 2.40. The van der Waals surface area contributed by atoms with Crippen molar-refractivity contribution in [2.75, 3.05) is 48.9 Å². The van der Waals surface area contributed by atoms with E-state index in [1.807, 2.05) is 29.2 Å². The Balaban J connectivity index is 1.72. The number of nitrogens with zero attached hydrogens (tertiary/aromatic N) is 3. The number of hydrogen-bond acceptors (Lipinski definition) is 7. The summed E-state index contributed by atoms with van der Waals surface area (Å²) < 4.78 is 10.8. The molecular weight excluding hydrogens is 330 g/mol. The zero-order valence-corrected chi connectivity index (χ0v) is 14.8. The quantitative estimate of drug-likeness (QED) is 0.823. The number of nitrogens with two attached hydrogens (primary N) is 2. The number of aliphatic imine (C=N–C) groups is 1. The van der Waals surface area contributed by atoms with Crippen LogP contribution in [0.15, 0.2) is 41.4 Å². The van der Waals surface area contributed by atoms with Crippen molar-refractivity contribution in [2.45, 2.75) is 6.17 Å². The van der Waals surface area contributed by atoms with Gasteiger partial charge in [0.15, 0.2) is 0 Å². The van der Waals surface area contributed by atoms with Crippen LogP contribution in [0.3, 0.4) is 0 Å². The fourth-order valence-corrected chi connectivity index (χ4v) is 3.44. The Bertz CT molecular complexity index is 833. The molecule has 7 heteroatoms. The SMILES string of the molecule is COc1cc2c(cc1N)C(N)N(c1ccccc1N1CCOCC1)C=N2. The summed E-state index contributed by atoms with van der Waals surface area (Å²) in [4.78, 5) is 8.88. The lowest BCUT2D eigenvalue weighted by Crippen LogP contribution is -2.40.